The van der Waals surface area contributed by atoms with Gasteiger partial charge in [0.1, 0.15) is 17.5 Å². The van der Waals surface area contributed by atoms with Crippen LogP contribution in [-0.2, 0) is 24.4 Å². The first-order chi connectivity index (χ1) is 13.1. The molecule has 0 aliphatic rings. The third kappa shape index (κ3) is 4.16. The number of nitrogens with one attached hydrogen (secondary N) is 1. The number of alkyl halides is 3. The lowest BCUT2D eigenvalue weighted by molar-refractivity contribution is -0.141. The van der Waals surface area contributed by atoms with E-state index in [1.165, 1.54) is 25.2 Å². The third-order valence-electron chi connectivity index (χ3n) is 3.88. The van der Waals surface area contributed by atoms with Crippen LogP contribution in [0.15, 0.2) is 42.6 Å². The van der Waals surface area contributed by atoms with Crippen molar-refractivity contribution < 1.29 is 26.7 Å². The SMILES string of the molecule is Cn1nc(C(F)(F)F)cc1-c1cnc(NC(=O)Cc2ccccc2F)cc1F. The number of anilines is 1. The van der Waals surface area contributed by atoms with Gasteiger partial charge in [-0.25, -0.2) is 13.8 Å². The lowest BCUT2D eigenvalue weighted by Crippen LogP contribution is -2.16. The molecule has 0 saturated carbocycles. The maximum Gasteiger partial charge on any atom is 0.435 e. The van der Waals surface area contributed by atoms with Crippen LogP contribution in [-0.4, -0.2) is 20.7 Å². The molecule has 0 spiro atoms. The average molecular weight is 396 g/mol. The van der Waals surface area contributed by atoms with Gasteiger partial charge in [0.15, 0.2) is 5.69 Å². The van der Waals surface area contributed by atoms with Gasteiger partial charge in [-0.2, -0.15) is 18.3 Å². The number of hydrogen-bond acceptors (Lipinski definition) is 3. The Morgan fingerprint density at radius 1 is 1.14 bits per heavy atom. The maximum absolute atomic E-state index is 14.4. The summed E-state index contributed by atoms with van der Waals surface area (Å²) in [4.78, 5) is 15.8. The Bertz CT molecular complexity index is 1030. The van der Waals surface area contributed by atoms with Crippen LogP contribution in [0, 0.1) is 11.6 Å². The summed E-state index contributed by atoms with van der Waals surface area (Å²) in [7, 11) is 1.24. The molecular formula is C18H13F5N4O. The first-order valence-corrected chi connectivity index (χ1v) is 7.95. The summed E-state index contributed by atoms with van der Waals surface area (Å²) >= 11 is 0. The van der Waals surface area contributed by atoms with E-state index >= 15 is 0 Å². The number of rotatable bonds is 4. The first kappa shape index (κ1) is 19.5. The summed E-state index contributed by atoms with van der Waals surface area (Å²) in [6.07, 6.45) is -3.96. The standard InChI is InChI=1S/C18H13F5N4O/c1-27-14(8-15(26-27)18(21,22)23)11-9-24-16(7-13(11)20)25-17(28)6-10-4-2-3-5-12(10)19/h2-5,7-9H,6H2,1H3,(H,24,25,28). The van der Waals surface area contributed by atoms with Crippen molar-refractivity contribution in [3.05, 3.63) is 65.5 Å². The van der Waals surface area contributed by atoms with Crippen LogP contribution in [0.2, 0.25) is 0 Å². The van der Waals surface area contributed by atoms with Crippen molar-refractivity contribution in [1.29, 1.82) is 0 Å². The van der Waals surface area contributed by atoms with Crippen LogP contribution >= 0.6 is 0 Å². The van der Waals surface area contributed by atoms with E-state index in [9.17, 15) is 26.7 Å². The van der Waals surface area contributed by atoms with Crippen LogP contribution in [0.1, 0.15) is 11.3 Å². The van der Waals surface area contributed by atoms with Crippen molar-refractivity contribution in [3.8, 4) is 11.3 Å². The zero-order valence-corrected chi connectivity index (χ0v) is 14.4. The van der Waals surface area contributed by atoms with Gasteiger partial charge in [-0.05, 0) is 17.7 Å². The van der Waals surface area contributed by atoms with Crippen molar-refractivity contribution in [1.82, 2.24) is 14.8 Å². The smallest absolute Gasteiger partial charge is 0.310 e. The van der Waals surface area contributed by atoms with Crippen molar-refractivity contribution in [3.63, 3.8) is 0 Å². The highest BCUT2D eigenvalue weighted by Gasteiger charge is 2.35. The highest BCUT2D eigenvalue weighted by Crippen LogP contribution is 2.32. The molecule has 0 bridgehead atoms. The van der Waals surface area contributed by atoms with Gasteiger partial charge >= 0.3 is 6.18 Å². The van der Waals surface area contributed by atoms with E-state index in [1.807, 2.05) is 0 Å². The second-order valence-electron chi connectivity index (χ2n) is 5.90. The molecule has 1 aromatic carbocycles. The molecule has 0 saturated heterocycles. The van der Waals surface area contributed by atoms with Gasteiger partial charge < -0.3 is 5.32 Å². The van der Waals surface area contributed by atoms with Gasteiger partial charge in [-0.3, -0.25) is 9.48 Å². The molecule has 0 atom stereocenters. The van der Waals surface area contributed by atoms with Gasteiger partial charge in [-0.1, -0.05) is 18.2 Å². The van der Waals surface area contributed by atoms with E-state index in [0.717, 1.165) is 16.9 Å². The number of benzene rings is 1. The molecule has 10 heteroatoms. The molecule has 0 unspecified atom stereocenters. The molecule has 1 amide bonds. The van der Waals surface area contributed by atoms with Crippen LogP contribution in [0.5, 0.6) is 0 Å². The first-order valence-electron chi connectivity index (χ1n) is 7.95. The molecule has 2 heterocycles. The molecule has 3 aromatic rings. The molecule has 2 aromatic heterocycles. The Morgan fingerprint density at radius 2 is 1.86 bits per heavy atom. The summed E-state index contributed by atoms with van der Waals surface area (Å²) < 4.78 is 67.1. The number of carbonyl (C=O) groups is 1. The number of amides is 1. The van der Waals surface area contributed by atoms with Crippen molar-refractivity contribution in [2.45, 2.75) is 12.6 Å². The fourth-order valence-electron chi connectivity index (χ4n) is 2.55. The van der Waals surface area contributed by atoms with E-state index in [-0.39, 0.29) is 29.1 Å². The van der Waals surface area contributed by atoms with E-state index in [1.54, 1.807) is 6.07 Å². The molecule has 0 fully saturated rings. The second-order valence-corrected chi connectivity index (χ2v) is 5.90. The number of halogens is 5. The fourth-order valence-corrected chi connectivity index (χ4v) is 2.55. The zero-order chi connectivity index (χ0) is 20.5. The van der Waals surface area contributed by atoms with Gasteiger partial charge in [0.25, 0.3) is 0 Å². The minimum atomic E-state index is -4.67. The zero-order valence-electron chi connectivity index (χ0n) is 14.4. The summed E-state index contributed by atoms with van der Waals surface area (Å²) in [6.45, 7) is 0. The minimum absolute atomic E-state index is 0.124. The molecule has 3 rings (SSSR count). The quantitative estimate of drug-likeness (QED) is 0.680. The number of nitrogens with zero attached hydrogens (tertiary/aromatic N) is 3. The van der Waals surface area contributed by atoms with Gasteiger partial charge in [0.05, 0.1) is 17.7 Å². The predicted octanol–water partition coefficient (Wildman–Crippen LogP) is 3.96. The fraction of sp³-hybridized carbons (Fsp3) is 0.167. The molecule has 0 aliphatic heterocycles. The van der Waals surface area contributed by atoms with Crippen LogP contribution in [0.25, 0.3) is 11.3 Å². The van der Waals surface area contributed by atoms with E-state index in [4.69, 9.17) is 0 Å². The normalized spacial score (nSPS) is 11.5. The number of aryl methyl sites for hydroxylation is 1. The lowest BCUT2D eigenvalue weighted by Gasteiger charge is -2.08. The molecule has 5 nitrogen and oxygen atoms in total. The number of aromatic nitrogens is 3. The van der Waals surface area contributed by atoms with Gasteiger partial charge in [0.2, 0.25) is 5.91 Å². The Balaban J connectivity index is 1.79. The van der Waals surface area contributed by atoms with Gasteiger partial charge in [-0.15, -0.1) is 0 Å². The summed E-state index contributed by atoms with van der Waals surface area (Å²) in [5, 5.41) is 5.64. The Hall–Kier alpha value is -3.30. The van der Waals surface area contributed by atoms with Crippen molar-refractivity contribution in [2.24, 2.45) is 7.05 Å². The Kier molecular flexibility index (Phi) is 5.12. The van der Waals surface area contributed by atoms with Crippen LogP contribution in [0.4, 0.5) is 27.8 Å². The molecule has 1 N–H and O–H groups in total. The molecule has 28 heavy (non-hydrogen) atoms. The highest BCUT2D eigenvalue weighted by atomic mass is 19.4. The minimum Gasteiger partial charge on any atom is -0.310 e. The molecule has 146 valence electrons. The second kappa shape index (κ2) is 7.37. The largest absolute Gasteiger partial charge is 0.435 e. The monoisotopic (exact) mass is 396 g/mol. The summed E-state index contributed by atoms with van der Waals surface area (Å²) in [5.74, 6) is -2.22. The molecule has 0 aliphatic carbocycles. The van der Waals surface area contributed by atoms with Crippen molar-refractivity contribution >= 4 is 11.7 Å². The number of hydrogen-bond donors (Lipinski definition) is 1. The van der Waals surface area contributed by atoms with E-state index in [2.05, 4.69) is 15.4 Å². The number of carbonyl (C=O) groups excluding carboxylic acids is 1. The van der Waals surface area contributed by atoms with Crippen molar-refractivity contribution in [2.75, 3.05) is 5.32 Å². The number of pyridine rings is 1. The van der Waals surface area contributed by atoms with E-state index in [0.29, 0.717) is 6.07 Å². The van der Waals surface area contributed by atoms with E-state index < -0.39 is 29.4 Å². The lowest BCUT2D eigenvalue weighted by atomic mass is 10.1. The maximum atomic E-state index is 14.4. The highest BCUT2D eigenvalue weighted by molar-refractivity contribution is 5.91. The van der Waals surface area contributed by atoms with Crippen LogP contribution < -0.4 is 5.32 Å². The topological polar surface area (TPSA) is 59.8 Å². The molecule has 0 radical (unpaired) electrons. The Labute approximate surface area is 155 Å². The average Bonchev–Trinajstić information content (AvgIpc) is 2.99. The summed E-state index contributed by atoms with van der Waals surface area (Å²) in [6, 6.07) is 7.27. The van der Waals surface area contributed by atoms with Gasteiger partial charge in [0, 0.05) is 19.3 Å². The van der Waals surface area contributed by atoms with Crippen LogP contribution in [0.3, 0.4) is 0 Å². The summed E-state index contributed by atoms with van der Waals surface area (Å²) in [5.41, 5.74) is -1.34. The third-order valence-corrected chi connectivity index (χ3v) is 3.88. The molecular weight excluding hydrogens is 383 g/mol. The Morgan fingerprint density at radius 3 is 2.46 bits per heavy atom. The predicted molar refractivity (Wildman–Crippen MR) is 90.1 cm³/mol.